The number of ether oxygens (including phenoxy) is 2. The monoisotopic (exact) mass is 525 g/mol. The second-order valence-corrected chi connectivity index (χ2v) is 8.71. The minimum Gasteiger partial charge on any atom is -0.446 e. The van der Waals surface area contributed by atoms with Crippen LogP contribution in [0, 0.1) is 5.92 Å². The van der Waals surface area contributed by atoms with Crippen LogP contribution in [0.25, 0.3) is 0 Å². The van der Waals surface area contributed by atoms with Crippen LogP contribution >= 0.6 is 0 Å². The molecule has 2 amide bonds. The fourth-order valence-electron chi connectivity index (χ4n) is 4.26. The molecule has 1 aliphatic heterocycles. The maximum absolute atomic E-state index is 13.3. The predicted octanol–water partition coefficient (Wildman–Crippen LogP) is 2.06. The summed E-state index contributed by atoms with van der Waals surface area (Å²) in [5.41, 5.74) is 0.515. The maximum atomic E-state index is 13.3. The zero-order valence-electron chi connectivity index (χ0n) is 20.6. The summed E-state index contributed by atoms with van der Waals surface area (Å²) in [6, 6.07) is 5.55. The number of rotatable bonds is 13. The molecule has 1 aliphatic rings. The number of halogens is 2. The van der Waals surface area contributed by atoms with Gasteiger partial charge in [0.1, 0.15) is 18.1 Å². The summed E-state index contributed by atoms with van der Waals surface area (Å²) in [5.74, 6) is -2.30. The van der Waals surface area contributed by atoms with Gasteiger partial charge in [-0.3, -0.25) is 9.59 Å². The van der Waals surface area contributed by atoms with Crippen LogP contribution in [0.1, 0.15) is 43.7 Å². The first-order valence-electron chi connectivity index (χ1n) is 12.3. The highest BCUT2D eigenvalue weighted by atomic mass is 19.3. The summed E-state index contributed by atoms with van der Waals surface area (Å²) >= 11 is 0. The SMILES string of the molecule is CC[C@H](NC(=O)C(CCCc1ccccc1OC(F)F)[C@H](O)C(=O)N1CCOCC1)C(O)c1ncco1. The van der Waals surface area contributed by atoms with Crippen molar-refractivity contribution in [1.29, 1.82) is 0 Å². The molecule has 204 valence electrons. The minimum atomic E-state index is -2.98. The lowest BCUT2D eigenvalue weighted by molar-refractivity contribution is -0.151. The Morgan fingerprint density at radius 3 is 2.59 bits per heavy atom. The van der Waals surface area contributed by atoms with Crippen LogP contribution in [0.5, 0.6) is 5.75 Å². The van der Waals surface area contributed by atoms with Gasteiger partial charge in [-0.15, -0.1) is 0 Å². The van der Waals surface area contributed by atoms with E-state index in [9.17, 15) is 28.6 Å². The summed E-state index contributed by atoms with van der Waals surface area (Å²) in [6.07, 6.45) is 0.796. The van der Waals surface area contributed by atoms with Crippen LogP contribution in [0.2, 0.25) is 0 Å². The number of nitrogens with one attached hydrogen (secondary N) is 1. The third kappa shape index (κ3) is 7.94. The minimum absolute atomic E-state index is 0.0311. The Hall–Kier alpha value is -3.09. The highest BCUT2D eigenvalue weighted by molar-refractivity contribution is 5.89. The Balaban J connectivity index is 1.72. The summed E-state index contributed by atoms with van der Waals surface area (Å²) < 4.78 is 40.5. The molecule has 3 rings (SSSR count). The first kappa shape index (κ1) is 28.5. The van der Waals surface area contributed by atoms with E-state index in [1.54, 1.807) is 25.1 Å². The number of carbonyl (C=O) groups excluding carboxylic acids is 2. The van der Waals surface area contributed by atoms with Crippen molar-refractivity contribution in [2.24, 2.45) is 5.92 Å². The van der Waals surface area contributed by atoms with Gasteiger partial charge in [-0.05, 0) is 37.3 Å². The van der Waals surface area contributed by atoms with E-state index in [1.807, 2.05) is 0 Å². The summed E-state index contributed by atoms with van der Waals surface area (Å²) in [4.78, 5) is 31.7. The number of benzene rings is 1. The van der Waals surface area contributed by atoms with Crippen molar-refractivity contribution >= 4 is 11.8 Å². The van der Waals surface area contributed by atoms with Gasteiger partial charge in [-0.25, -0.2) is 4.98 Å². The molecule has 0 radical (unpaired) electrons. The highest BCUT2D eigenvalue weighted by Crippen LogP contribution is 2.25. The average molecular weight is 526 g/mol. The van der Waals surface area contributed by atoms with Crippen LogP contribution in [0.15, 0.2) is 41.1 Å². The second-order valence-electron chi connectivity index (χ2n) is 8.71. The van der Waals surface area contributed by atoms with Crippen molar-refractivity contribution in [2.75, 3.05) is 26.3 Å². The topological polar surface area (TPSA) is 134 Å². The van der Waals surface area contributed by atoms with Crippen molar-refractivity contribution in [2.45, 2.75) is 57.5 Å². The molecule has 0 bridgehead atoms. The number of nitrogens with zero attached hydrogens (tertiary/aromatic N) is 2. The number of aromatic nitrogens is 1. The summed E-state index contributed by atoms with van der Waals surface area (Å²) in [5, 5.41) is 24.3. The van der Waals surface area contributed by atoms with Crippen molar-refractivity contribution in [3.05, 3.63) is 48.2 Å². The van der Waals surface area contributed by atoms with E-state index in [0.29, 0.717) is 44.7 Å². The third-order valence-electron chi connectivity index (χ3n) is 6.30. The smallest absolute Gasteiger partial charge is 0.387 e. The van der Waals surface area contributed by atoms with Crippen LogP contribution in [-0.2, 0) is 20.7 Å². The van der Waals surface area contributed by atoms with Gasteiger partial charge in [0.25, 0.3) is 5.91 Å². The van der Waals surface area contributed by atoms with E-state index >= 15 is 0 Å². The molecule has 4 atom stereocenters. The number of morpholine rings is 1. The van der Waals surface area contributed by atoms with Gasteiger partial charge in [-0.2, -0.15) is 8.78 Å². The largest absolute Gasteiger partial charge is 0.446 e. The van der Waals surface area contributed by atoms with Gasteiger partial charge < -0.3 is 34.3 Å². The molecule has 10 nitrogen and oxygen atoms in total. The number of hydrogen-bond acceptors (Lipinski definition) is 8. The van der Waals surface area contributed by atoms with Crippen molar-refractivity contribution < 1.29 is 42.5 Å². The van der Waals surface area contributed by atoms with Crippen molar-refractivity contribution in [3.8, 4) is 5.75 Å². The molecule has 0 saturated carbocycles. The standard InChI is InChI=1S/C25H33F2N3O7/c1-2-18(21(32)23-28-10-13-36-23)29-22(33)17(20(31)24(34)30-11-14-35-15-12-30)8-5-7-16-6-3-4-9-19(16)37-25(26)27/h3-4,6,9-10,13,17-18,20-21,25,31-32H,2,5,7-8,11-12,14-15H2,1H3,(H,29,33)/t17?,18-,20-,21?/m0/s1. The molecule has 1 fully saturated rings. The molecule has 1 aromatic carbocycles. The van der Waals surface area contributed by atoms with Gasteiger partial charge >= 0.3 is 6.61 Å². The fourth-order valence-corrected chi connectivity index (χ4v) is 4.26. The Morgan fingerprint density at radius 1 is 1.22 bits per heavy atom. The van der Waals surface area contributed by atoms with Crippen LogP contribution in [0.3, 0.4) is 0 Å². The summed E-state index contributed by atoms with van der Waals surface area (Å²) in [7, 11) is 0. The second kappa shape index (κ2) is 14.0. The first-order chi connectivity index (χ1) is 17.8. The van der Waals surface area contributed by atoms with Crippen molar-refractivity contribution in [3.63, 3.8) is 0 Å². The van der Waals surface area contributed by atoms with Crippen LogP contribution in [-0.4, -0.2) is 77.0 Å². The van der Waals surface area contributed by atoms with Gasteiger partial charge in [0.2, 0.25) is 11.8 Å². The average Bonchev–Trinajstić information content (AvgIpc) is 3.44. The molecule has 37 heavy (non-hydrogen) atoms. The molecular formula is C25H33F2N3O7. The lowest BCUT2D eigenvalue weighted by atomic mass is 9.91. The quantitative estimate of drug-likeness (QED) is 0.362. The van der Waals surface area contributed by atoms with E-state index in [0.717, 1.165) is 0 Å². The number of para-hydroxylation sites is 1. The molecule has 12 heteroatoms. The molecule has 3 N–H and O–H groups in total. The van der Waals surface area contributed by atoms with Crippen LogP contribution < -0.4 is 10.1 Å². The molecule has 1 aromatic heterocycles. The number of aryl methyl sites for hydroxylation is 1. The number of alkyl halides is 2. The maximum Gasteiger partial charge on any atom is 0.387 e. The number of aliphatic hydroxyl groups is 2. The molecule has 0 spiro atoms. The molecular weight excluding hydrogens is 492 g/mol. The van der Waals surface area contributed by atoms with E-state index in [1.165, 1.54) is 23.4 Å². The fraction of sp³-hybridized carbons (Fsp3) is 0.560. The lowest BCUT2D eigenvalue weighted by Crippen LogP contribution is -2.52. The molecule has 2 unspecified atom stereocenters. The van der Waals surface area contributed by atoms with Gasteiger partial charge in [0.05, 0.1) is 31.4 Å². The van der Waals surface area contributed by atoms with E-state index < -0.39 is 42.6 Å². The van der Waals surface area contributed by atoms with Crippen molar-refractivity contribution in [1.82, 2.24) is 15.2 Å². The lowest BCUT2D eigenvalue weighted by Gasteiger charge is -2.32. The van der Waals surface area contributed by atoms with Crippen LogP contribution in [0.4, 0.5) is 8.78 Å². The first-order valence-corrected chi connectivity index (χ1v) is 12.3. The number of aliphatic hydroxyl groups excluding tert-OH is 2. The normalized spacial score (nSPS) is 17.2. The molecule has 0 aliphatic carbocycles. The number of oxazole rings is 1. The number of amides is 2. The van der Waals surface area contributed by atoms with Gasteiger partial charge in [0.15, 0.2) is 6.10 Å². The number of carbonyl (C=O) groups is 2. The van der Waals surface area contributed by atoms with E-state index in [2.05, 4.69) is 15.0 Å². The number of hydrogen-bond donors (Lipinski definition) is 3. The predicted molar refractivity (Wildman–Crippen MR) is 127 cm³/mol. The Kier molecular flexibility index (Phi) is 10.8. The van der Waals surface area contributed by atoms with Gasteiger partial charge in [-0.1, -0.05) is 25.1 Å². The summed E-state index contributed by atoms with van der Waals surface area (Å²) in [6.45, 7) is 0.0224. The third-order valence-corrected chi connectivity index (χ3v) is 6.30. The molecule has 1 saturated heterocycles. The highest BCUT2D eigenvalue weighted by Gasteiger charge is 2.37. The zero-order valence-corrected chi connectivity index (χ0v) is 20.6. The van der Waals surface area contributed by atoms with E-state index in [4.69, 9.17) is 9.15 Å². The Labute approximate surface area is 213 Å². The molecule has 2 heterocycles. The van der Waals surface area contributed by atoms with Gasteiger partial charge in [0, 0.05) is 13.1 Å². The zero-order chi connectivity index (χ0) is 26.8. The Bertz CT molecular complexity index is 986. The Morgan fingerprint density at radius 2 is 1.95 bits per heavy atom. The van der Waals surface area contributed by atoms with E-state index in [-0.39, 0.29) is 24.5 Å². The molecule has 2 aromatic rings.